The molecule has 3 heteroatoms. The van der Waals surface area contributed by atoms with Gasteiger partial charge in [0.2, 0.25) is 0 Å². The molecule has 0 amide bonds. The third kappa shape index (κ3) is 4.39. The molecule has 0 spiro atoms. The number of aryl methyl sites for hydroxylation is 1. The fourth-order valence-corrected chi connectivity index (χ4v) is 2.97. The minimum Gasteiger partial charge on any atom is -0.306 e. The van der Waals surface area contributed by atoms with E-state index in [2.05, 4.69) is 23.9 Å². The first-order valence-corrected chi connectivity index (χ1v) is 7.97. The number of carbonyl (C=O) groups excluding carboxylic acids is 1. The fraction of sp³-hybridized carbons (Fsp3) is 0.611. The molecule has 0 bridgehead atoms. The summed E-state index contributed by atoms with van der Waals surface area (Å²) in [5.41, 5.74) is 2.02. The Morgan fingerprint density at radius 3 is 2.43 bits per heavy atom. The Hall–Kier alpha value is -1.19. The minimum atomic E-state index is -0.0487. The van der Waals surface area contributed by atoms with Crippen LogP contribution in [0.3, 0.4) is 0 Å². The molecule has 1 aromatic carbocycles. The summed E-state index contributed by atoms with van der Waals surface area (Å²) in [6.45, 7) is 7.45. The summed E-state index contributed by atoms with van der Waals surface area (Å²) in [7, 11) is 4.26. The van der Waals surface area contributed by atoms with E-state index in [1.807, 2.05) is 38.1 Å². The smallest absolute Gasteiger partial charge is 0.179 e. The Kier molecular flexibility index (Phi) is 5.54. The van der Waals surface area contributed by atoms with Crippen molar-refractivity contribution in [3.8, 4) is 0 Å². The fourth-order valence-electron chi connectivity index (χ4n) is 2.97. The molecule has 1 saturated heterocycles. The zero-order valence-electron chi connectivity index (χ0n) is 13.8. The topological polar surface area (TPSA) is 23.6 Å². The van der Waals surface area contributed by atoms with Crippen molar-refractivity contribution in [3.05, 3.63) is 35.4 Å². The van der Waals surface area contributed by atoms with Gasteiger partial charge in [-0.3, -0.25) is 9.69 Å². The van der Waals surface area contributed by atoms with Crippen LogP contribution >= 0.6 is 0 Å². The van der Waals surface area contributed by atoms with Crippen LogP contribution in [0.2, 0.25) is 0 Å². The monoisotopic (exact) mass is 288 g/mol. The highest BCUT2D eigenvalue weighted by atomic mass is 16.1. The van der Waals surface area contributed by atoms with Crippen LogP contribution < -0.4 is 0 Å². The van der Waals surface area contributed by atoms with Gasteiger partial charge in [-0.05, 0) is 59.8 Å². The number of hydrogen-bond donors (Lipinski definition) is 0. The maximum Gasteiger partial charge on any atom is 0.179 e. The van der Waals surface area contributed by atoms with E-state index in [0.717, 1.165) is 18.0 Å². The van der Waals surface area contributed by atoms with Crippen LogP contribution in [0.4, 0.5) is 0 Å². The molecule has 0 saturated carbocycles. The summed E-state index contributed by atoms with van der Waals surface area (Å²) in [6, 6.07) is 7.86. The summed E-state index contributed by atoms with van der Waals surface area (Å²) in [5, 5.41) is 0. The number of likely N-dealkylation sites (tertiary alicyclic amines) is 1. The van der Waals surface area contributed by atoms with Crippen LogP contribution in [0.25, 0.3) is 0 Å². The lowest BCUT2D eigenvalue weighted by Gasteiger charge is -2.33. The van der Waals surface area contributed by atoms with Crippen LogP contribution in [0.1, 0.15) is 35.7 Å². The molecule has 21 heavy (non-hydrogen) atoms. The number of hydrogen-bond acceptors (Lipinski definition) is 3. The lowest BCUT2D eigenvalue weighted by atomic mass is 9.95. The Balaban J connectivity index is 1.90. The zero-order chi connectivity index (χ0) is 15.4. The van der Waals surface area contributed by atoms with E-state index >= 15 is 0 Å². The lowest BCUT2D eigenvalue weighted by molar-refractivity contribution is 0.0829. The molecule has 1 fully saturated rings. The molecule has 1 unspecified atom stereocenters. The predicted molar refractivity (Wildman–Crippen MR) is 87.8 cm³/mol. The number of rotatable bonds is 5. The van der Waals surface area contributed by atoms with Crippen molar-refractivity contribution in [2.24, 2.45) is 5.92 Å². The normalized spacial score (nSPS) is 18.9. The SMILES string of the molecule is Cc1ccc(C(=O)C(C)N(C)CC2CCN(C)CC2)cc1. The van der Waals surface area contributed by atoms with Gasteiger partial charge in [0.15, 0.2) is 5.78 Å². The third-order valence-electron chi connectivity index (χ3n) is 4.76. The maximum atomic E-state index is 12.5. The molecule has 3 nitrogen and oxygen atoms in total. The summed E-state index contributed by atoms with van der Waals surface area (Å²) in [4.78, 5) is 17.1. The van der Waals surface area contributed by atoms with Crippen molar-refractivity contribution >= 4 is 5.78 Å². The lowest BCUT2D eigenvalue weighted by Crippen LogP contribution is -2.41. The van der Waals surface area contributed by atoms with Crippen molar-refractivity contribution < 1.29 is 4.79 Å². The number of nitrogens with zero attached hydrogens (tertiary/aromatic N) is 2. The molecular formula is C18H28N2O. The van der Waals surface area contributed by atoms with E-state index in [4.69, 9.17) is 0 Å². The molecule has 0 radical (unpaired) electrons. The minimum absolute atomic E-state index is 0.0487. The van der Waals surface area contributed by atoms with E-state index in [1.165, 1.54) is 31.5 Å². The van der Waals surface area contributed by atoms with Gasteiger partial charge in [-0.25, -0.2) is 0 Å². The Labute approximate surface area is 128 Å². The van der Waals surface area contributed by atoms with E-state index in [-0.39, 0.29) is 11.8 Å². The summed E-state index contributed by atoms with van der Waals surface area (Å²) < 4.78 is 0. The van der Waals surface area contributed by atoms with Gasteiger partial charge in [-0.15, -0.1) is 0 Å². The number of benzene rings is 1. The number of carbonyl (C=O) groups is 1. The van der Waals surface area contributed by atoms with Gasteiger partial charge < -0.3 is 4.90 Å². The van der Waals surface area contributed by atoms with Gasteiger partial charge in [-0.1, -0.05) is 29.8 Å². The highest BCUT2D eigenvalue weighted by molar-refractivity contribution is 5.99. The van der Waals surface area contributed by atoms with Crippen LogP contribution in [-0.4, -0.2) is 55.4 Å². The van der Waals surface area contributed by atoms with Crippen molar-refractivity contribution in [2.75, 3.05) is 33.7 Å². The average molecular weight is 288 g/mol. The maximum absolute atomic E-state index is 12.5. The van der Waals surface area contributed by atoms with E-state index < -0.39 is 0 Å². The van der Waals surface area contributed by atoms with Gasteiger partial charge in [0.1, 0.15) is 0 Å². The largest absolute Gasteiger partial charge is 0.306 e. The van der Waals surface area contributed by atoms with Crippen LogP contribution in [-0.2, 0) is 0 Å². The van der Waals surface area contributed by atoms with Crippen LogP contribution in [0.15, 0.2) is 24.3 Å². The highest BCUT2D eigenvalue weighted by Crippen LogP contribution is 2.18. The molecular weight excluding hydrogens is 260 g/mol. The number of piperidine rings is 1. The summed E-state index contributed by atoms with van der Waals surface area (Å²) in [5.74, 6) is 0.949. The molecule has 1 aliphatic rings. The van der Waals surface area contributed by atoms with Crippen molar-refractivity contribution in [1.29, 1.82) is 0 Å². The summed E-state index contributed by atoms with van der Waals surface area (Å²) >= 11 is 0. The first kappa shape index (κ1) is 16.2. The Morgan fingerprint density at radius 2 is 1.86 bits per heavy atom. The molecule has 1 aromatic rings. The molecule has 116 valence electrons. The van der Waals surface area contributed by atoms with Crippen molar-refractivity contribution in [1.82, 2.24) is 9.80 Å². The van der Waals surface area contributed by atoms with E-state index in [1.54, 1.807) is 0 Å². The standard InChI is InChI=1S/C18H28N2O/c1-14-5-7-17(8-6-14)18(21)15(2)20(4)13-16-9-11-19(3)12-10-16/h5-8,15-16H,9-13H2,1-4H3. The second kappa shape index (κ2) is 7.19. The number of ketones is 1. The molecule has 0 aliphatic carbocycles. The zero-order valence-corrected chi connectivity index (χ0v) is 13.8. The molecule has 2 rings (SSSR count). The second-order valence-corrected chi connectivity index (χ2v) is 6.59. The van der Waals surface area contributed by atoms with Crippen LogP contribution in [0, 0.1) is 12.8 Å². The first-order valence-electron chi connectivity index (χ1n) is 7.97. The molecule has 1 heterocycles. The summed E-state index contributed by atoms with van der Waals surface area (Å²) in [6.07, 6.45) is 2.48. The molecule has 1 aliphatic heterocycles. The van der Waals surface area contributed by atoms with Crippen molar-refractivity contribution in [3.63, 3.8) is 0 Å². The number of Topliss-reactive ketones (excluding diaryl/α,β-unsaturated/α-hetero) is 1. The number of likely N-dealkylation sites (N-methyl/N-ethyl adjacent to an activating group) is 1. The van der Waals surface area contributed by atoms with Gasteiger partial charge in [0.05, 0.1) is 6.04 Å². The highest BCUT2D eigenvalue weighted by Gasteiger charge is 2.24. The second-order valence-electron chi connectivity index (χ2n) is 6.59. The first-order chi connectivity index (χ1) is 9.97. The molecule has 0 aromatic heterocycles. The van der Waals surface area contributed by atoms with Crippen molar-refractivity contribution in [2.45, 2.75) is 32.7 Å². The van der Waals surface area contributed by atoms with Gasteiger partial charge in [0, 0.05) is 12.1 Å². The Morgan fingerprint density at radius 1 is 1.29 bits per heavy atom. The average Bonchev–Trinajstić information content (AvgIpc) is 2.49. The Bertz CT molecular complexity index is 461. The quantitative estimate of drug-likeness (QED) is 0.778. The third-order valence-corrected chi connectivity index (χ3v) is 4.76. The van der Waals surface area contributed by atoms with E-state index in [9.17, 15) is 4.79 Å². The van der Waals surface area contributed by atoms with E-state index in [0.29, 0.717) is 0 Å². The predicted octanol–water partition coefficient (Wildman–Crippen LogP) is 2.84. The van der Waals surface area contributed by atoms with Gasteiger partial charge >= 0.3 is 0 Å². The molecule has 0 N–H and O–H groups in total. The van der Waals surface area contributed by atoms with Gasteiger partial charge in [-0.2, -0.15) is 0 Å². The molecule has 1 atom stereocenters. The van der Waals surface area contributed by atoms with Crippen LogP contribution in [0.5, 0.6) is 0 Å². The van der Waals surface area contributed by atoms with Gasteiger partial charge in [0.25, 0.3) is 0 Å².